The van der Waals surface area contributed by atoms with Crippen molar-refractivity contribution in [2.24, 2.45) is 0 Å². The number of rotatable bonds is 1. The van der Waals surface area contributed by atoms with Crippen molar-refractivity contribution in [3.05, 3.63) is 35.4 Å². The van der Waals surface area contributed by atoms with Gasteiger partial charge in [0.1, 0.15) is 11.6 Å². The quantitative estimate of drug-likeness (QED) is 0.831. The van der Waals surface area contributed by atoms with E-state index in [1.807, 2.05) is 0 Å². The molecule has 94 valence electrons. The Kier molecular flexibility index (Phi) is 4.84. The first-order valence-electron chi connectivity index (χ1n) is 5.13. The molecule has 1 saturated heterocycles. The second-order valence-electron chi connectivity index (χ2n) is 3.67. The molecule has 0 saturated carbocycles. The smallest absolute Gasteiger partial charge is 0.256 e. The highest BCUT2D eigenvalue weighted by molar-refractivity contribution is 5.94. The van der Waals surface area contributed by atoms with E-state index in [0.29, 0.717) is 26.2 Å². The Morgan fingerprint density at radius 3 is 2.47 bits per heavy atom. The monoisotopic (exact) mass is 262 g/mol. The van der Waals surface area contributed by atoms with Crippen LogP contribution in [0.15, 0.2) is 18.2 Å². The molecule has 1 aromatic rings. The fourth-order valence-electron chi connectivity index (χ4n) is 1.70. The number of hydrogen-bond donors (Lipinski definition) is 1. The van der Waals surface area contributed by atoms with Crippen molar-refractivity contribution < 1.29 is 13.6 Å². The maximum atomic E-state index is 13.4. The Morgan fingerprint density at radius 1 is 1.24 bits per heavy atom. The summed E-state index contributed by atoms with van der Waals surface area (Å²) in [5, 5.41) is 3.10. The number of benzene rings is 1. The van der Waals surface area contributed by atoms with Crippen LogP contribution in [0.1, 0.15) is 10.4 Å². The molecule has 1 aliphatic heterocycles. The van der Waals surface area contributed by atoms with Crippen LogP contribution in [0.2, 0.25) is 0 Å². The number of nitrogens with zero attached hydrogens (tertiary/aromatic N) is 1. The number of nitrogens with one attached hydrogen (secondary N) is 1. The van der Waals surface area contributed by atoms with E-state index in [2.05, 4.69) is 5.32 Å². The van der Waals surface area contributed by atoms with Crippen molar-refractivity contribution in [2.75, 3.05) is 26.2 Å². The summed E-state index contributed by atoms with van der Waals surface area (Å²) in [6.45, 7) is 2.51. The summed E-state index contributed by atoms with van der Waals surface area (Å²) < 4.78 is 26.0. The first-order chi connectivity index (χ1) is 7.68. The van der Waals surface area contributed by atoms with Gasteiger partial charge < -0.3 is 10.2 Å². The number of hydrogen-bond acceptors (Lipinski definition) is 2. The van der Waals surface area contributed by atoms with Crippen LogP contribution < -0.4 is 5.32 Å². The van der Waals surface area contributed by atoms with Gasteiger partial charge in [0.2, 0.25) is 0 Å². The molecule has 1 N–H and O–H groups in total. The van der Waals surface area contributed by atoms with Gasteiger partial charge >= 0.3 is 0 Å². The second kappa shape index (κ2) is 5.93. The van der Waals surface area contributed by atoms with E-state index in [0.717, 1.165) is 12.1 Å². The van der Waals surface area contributed by atoms with Gasteiger partial charge in [-0.1, -0.05) is 0 Å². The van der Waals surface area contributed by atoms with Gasteiger partial charge in [0.05, 0.1) is 5.56 Å². The normalized spacial score (nSPS) is 15.3. The Hall–Kier alpha value is -1.20. The molecule has 0 aliphatic carbocycles. The average Bonchev–Trinajstić information content (AvgIpc) is 2.29. The fraction of sp³-hybridized carbons (Fsp3) is 0.364. The second-order valence-corrected chi connectivity index (χ2v) is 3.67. The van der Waals surface area contributed by atoms with Crippen molar-refractivity contribution in [1.29, 1.82) is 0 Å². The lowest BCUT2D eigenvalue weighted by Crippen LogP contribution is -2.46. The van der Waals surface area contributed by atoms with Crippen molar-refractivity contribution in [3.8, 4) is 0 Å². The molecule has 0 radical (unpaired) electrons. The van der Waals surface area contributed by atoms with Crippen molar-refractivity contribution >= 4 is 18.3 Å². The standard InChI is InChI=1S/C11H12F2N2O.ClH/c12-8-1-2-9(10(13)7-8)11(16)15-5-3-14-4-6-15;/h1-2,7,14H,3-6H2;1H. The molecule has 0 aromatic heterocycles. The van der Waals surface area contributed by atoms with Gasteiger partial charge in [-0.3, -0.25) is 4.79 Å². The third kappa shape index (κ3) is 3.14. The molecule has 3 nitrogen and oxygen atoms in total. The molecule has 1 aliphatic rings. The van der Waals surface area contributed by atoms with Crippen LogP contribution in [0.5, 0.6) is 0 Å². The van der Waals surface area contributed by atoms with E-state index in [1.54, 1.807) is 4.90 Å². The van der Waals surface area contributed by atoms with E-state index < -0.39 is 11.6 Å². The highest BCUT2D eigenvalue weighted by atomic mass is 35.5. The van der Waals surface area contributed by atoms with Crippen LogP contribution >= 0.6 is 12.4 Å². The Labute approximate surface area is 104 Å². The van der Waals surface area contributed by atoms with Crippen LogP contribution in [0.4, 0.5) is 8.78 Å². The van der Waals surface area contributed by atoms with Gasteiger partial charge in [-0.15, -0.1) is 12.4 Å². The van der Waals surface area contributed by atoms with E-state index in [1.165, 1.54) is 6.07 Å². The molecule has 1 aromatic carbocycles. The Morgan fingerprint density at radius 2 is 1.88 bits per heavy atom. The van der Waals surface area contributed by atoms with Crippen LogP contribution in [-0.2, 0) is 0 Å². The first kappa shape index (κ1) is 13.9. The summed E-state index contributed by atoms with van der Waals surface area (Å²) in [6, 6.07) is 3.02. The third-order valence-corrected chi connectivity index (χ3v) is 2.57. The SMILES string of the molecule is Cl.O=C(c1ccc(F)cc1F)N1CCNCC1. The molecule has 17 heavy (non-hydrogen) atoms. The number of halogens is 3. The number of carbonyl (C=O) groups is 1. The van der Waals surface area contributed by atoms with E-state index in [4.69, 9.17) is 0 Å². The van der Waals surface area contributed by atoms with Gasteiger partial charge in [-0.25, -0.2) is 8.78 Å². The zero-order chi connectivity index (χ0) is 11.5. The maximum absolute atomic E-state index is 13.4. The van der Waals surface area contributed by atoms with Crippen LogP contribution in [-0.4, -0.2) is 37.0 Å². The summed E-state index contributed by atoms with van der Waals surface area (Å²) >= 11 is 0. The predicted molar refractivity (Wildman–Crippen MR) is 62.4 cm³/mol. The predicted octanol–water partition coefficient (Wildman–Crippen LogP) is 1.43. The van der Waals surface area contributed by atoms with Crippen LogP contribution in [0.25, 0.3) is 0 Å². The molecule has 6 heteroatoms. The highest BCUT2D eigenvalue weighted by Crippen LogP contribution is 2.12. The Balaban J connectivity index is 0.00000144. The zero-order valence-corrected chi connectivity index (χ0v) is 9.90. The van der Waals surface area contributed by atoms with Crippen LogP contribution in [0, 0.1) is 11.6 Å². The number of carbonyl (C=O) groups excluding carboxylic acids is 1. The Bertz CT molecular complexity index is 408. The van der Waals surface area contributed by atoms with Crippen LogP contribution in [0.3, 0.4) is 0 Å². The largest absolute Gasteiger partial charge is 0.336 e. The summed E-state index contributed by atoms with van der Waals surface area (Å²) in [4.78, 5) is 13.4. The minimum Gasteiger partial charge on any atom is -0.336 e. The molecule has 0 spiro atoms. The van der Waals surface area contributed by atoms with E-state index >= 15 is 0 Å². The zero-order valence-electron chi connectivity index (χ0n) is 9.08. The van der Waals surface area contributed by atoms with Gasteiger partial charge in [0.25, 0.3) is 5.91 Å². The van der Waals surface area contributed by atoms with Crippen molar-refractivity contribution in [3.63, 3.8) is 0 Å². The van der Waals surface area contributed by atoms with Gasteiger partial charge in [-0.2, -0.15) is 0 Å². The molecular weight excluding hydrogens is 250 g/mol. The summed E-state index contributed by atoms with van der Waals surface area (Å²) in [7, 11) is 0. The minimum absolute atomic E-state index is 0. The lowest BCUT2D eigenvalue weighted by Gasteiger charge is -2.27. The van der Waals surface area contributed by atoms with Gasteiger partial charge in [-0.05, 0) is 12.1 Å². The van der Waals surface area contributed by atoms with Gasteiger partial charge in [0, 0.05) is 32.2 Å². The van der Waals surface area contributed by atoms with Crippen molar-refractivity contribution in [1.82, 2.24) is 10.2 Å². The lowest BCUT2D eigenvalue weighted by atomic mass is 10.1. The third-order valence-electron chi connectivity index (χ3n) is 2.57. The topological polar surface area (TPSA) is 32.3 Å². The summed E-state index contributed by atoms with van der Waals surface area (Å²) in [5.41, 5.74) is -0.0664. The average molecular weight is 263 g/mol. The highest BCUT2D eigenvalue weighted by Gasteiger charge is 2.20. The maximum Gasteiger partial charge on any atom is 0.256 e. The van der Waals surface area contributed by atoms with Crippen molar-refractivity contribution in [2.45, 2.75) is 0 Å². The molecule has 1 amide bonds. The molecule has 0 bridgehead atoms. The van der Waals surface area contributed by atoms with Gasteiger partial charge in [0.15, 0.2) is 0 Å². The number of amides is 1. The fourth-order valence-corrected chi connectivity index (χ4v) is 1.70. The van der Waals surface area contributed by atoms with E-state index in [-0.39, 0.29) is 23.9 Å². The molecule has 2 rings (SSSR count). The molecular formula is C11H13ClF2N2O. The molecule has 0 atom stereocenters. The first-order valence-corrected chi connectivity index (χ1v) is 5.13. The molecule has 1 fully saturated rings. The lowest BCUT2D eigenvalue weighted by molar-refractivity contribution is 0.0731. The summed E-state index contributed by atoms with van der Waals surface area (Å²) in [5.74, 6) is -1.85. The summed E-state index contributed by atoms with van der Waals surface area (Å²) in [6.07, 6.45) is 0. The number of piperazine rings is 1. The molecule has 1 heterocycles. The minimum atomic E-state index is -0.802. The molecule has 0 unspecified atom stereocenters. The van der Waals surface area contributed by atoms with E-state index in [9.17, 15) is 13.6 Å².